The van der Waals surface area contributed by atoms with Gasteiger partial charge in [-0.25, -0.2) is 0 Å². The molecular formula is C41H48N2O8. The molecule has 0 radical (unpaired) electrons. The van der Waals surface area contributed by atoms with Crippen LogP contribution < -0.4 is 23.7 Å². The molecule has 0 fully saturated rings. The molecule has 2 atom stereocenters. The second-order valence-corrected chi connectivity index (χ2v) is 13.8. The standard InChI is InChI=1S/C41H48N2O8/c1-42-9-7-23-15-38(49-5)39(50-6)18-29(23)32(42)14-26-11-27(20-44)34(47-3)19-36(26)51-35-17-25-13-33-40-24(8-10-43(33)2)16-37(48-4)31(22-46)41(40)30(25)12-28(35)21-45/h11-12,15-19,32-33,44-46H,7-10,13-14,20-22H2,1-6H3/t32-,33-/m0/s1. The first-order valence-corrected chi connectivity index (χ1v) is 17.5. The number of nitrogens with zero attached hydrogens (tertiary/aromatic N) is 2. The monoisotopic (exact) mass is 696 g/mol. The van der Waals surface area contributed by atoms with E-state index in [0.717, 1.165) is 65.7 Å². The van der Waals surface area contributed by atoms with Crippen molar-refractivity contribution in [1.29, 1.82) is 0 Å². The Morgan fingerprint density at radius 3 is 1.90 bits per heavy atom. The SMILES string of the molecule is COc1cc(Oc2cc3c(cc2CO)-c2c(CO)c(OC)cc4c2[C@H](C3)N(C)CC4)c(C[C@H]2c3cc(OC)c(OC)cc3CCN2C)cc1CO. The summed E-state index contributed by atoms with van der Waals surface area (Å²) in [5, 5.41) is 31.7. The normalized spacial score (nSPS) is 18.1. The molecule has 10 heteroatoms. The van der Waals surface area contributed by atoms with Crippen molar-refractivity contribution in [2.24, 2.45) is 0 Å². The Balaban J connectivity index is 1.34. The predicted molar refractivity (Wildman–Crippen MR) is 194 cm³/mol. The van der Waals surface area contributed by atoms with E-state index >= 15 is 0 Å². The van der Waals surface area contributed by atoms with Gasteiger partial charge in [0.2, 0.25) is 0 Å². The first-order chi connectivity index (χ1) is 24.8. The van der Waals surface area contributed by atoms with Crippen molar-refractivity contribution in [3.05, 3.63) is 92.5 Å². The van der Waals surface area contributed by atoms with E-state index in [1.165, 1.54) is 16.7 Å². The highest BCUT2D eigenvalue weighted by Gasteiger charge is 2.36. The molecule has 3 aliphatic rings. The maximum absolute atomic E-state index is 10.8. The van der Waals surface area contributed by atoms with Crippen molar-refractivity contribution in [3.8, 4) is 45.6 Å². The van der Waals surface area contributed by atoms with E-state index in [1.54, 1.807) is 28.4 Å². The lowest BCUT2D eigenvalue weighted by Gasteiger charge is -2.41. The summed E-state index contributed by atoms with van der Waals surface area (Å²) in [6.45, 7) is 1.20. The molecule has 7 rings (SSSR count). The lowest BCUT2D eigenvalue weighted by Crippen LogP contribution is -2.36. The van der Waals surface area contributed by atoms with Gasteiger partial charge < -0.3 is 39.0 Å². The van der Waals surface area contributed by atoms with Gasteiger partial charge in [-0.05, 0) is 121 Å². The number of aliphatic hydroxyl groups is 3. The maximum atomic E-state index is 10.8. The molecule has 0 amide bonds. The first kappa shape index (κ1) is 35.1. The van der Waals surface area contributed by atoms with Crippen LogP contribution in [0.25, 0.3) is 11.1 Å². The van der Waals surface area contributed by atoms with Crippen LogP contribution in [0.15, 0.2) is 42.5 Å². The molecule has 3 N–H and O–H groups in total. The Bertz CT molecular complexity index is 1960. The quantitative estimate of drug-likeness (QED) is 0.186. The number of methoxy groups -OCH3 is 4. The molecule has 4 aromatic carbocycles. The summed E-state index contributed by atoms with van der Waals surface area (Å²) in [5.41, 5.74) is 10.8. The van der Waals surface area contributed by atoms with E-state index in [-0.39, 0.29) is 31.9 Å². The molecule has 0 spiro atoms. The van der Waals surface area contributed by atoms with Crippen molar-refractivity contribution in [2.45, 2.75) is 57.6 Å². The van der Waals surface area contributed by atoms with Crippen LogP contribution in [0, 0.1) is 0 Å². The molecule has 2 aliphatic heterocycles. The molecule has 2 heterocycles. The number of fused-ring (bicyclic) bond motifs is 3. The molecule has 0 saturated heterocycles. The average Bonchev–Trinajstić information content (AvgIpc) is 3.16. The maximum Gasteiger partial charge on any atom is 0.161 e. The van der Waals surface area contributed by atoms with Crippen LogP contribution in [0.1, 0.15) is 62.2 Å². The Labute approximate surface area is 299 Å². The summed E-state index contributed by atoms with van der Waals surface area (Å²) in [7, 11) is 10.8. The molecule has 0 aromatic heterocycles. The third kappa shape index (κ3) is 6.08. The molecule has 4 aromatic rings. The molecule has 51 heavy (non-hydrogen) atoms. The fraction of sp³-hybridized carbons (Fsp3) is 0.415. The van der Waals surface area contributed by atoms with Crippen LogP contribution in [0.4, 0.5) is 0 Å². The molecule has 10 nitrogen and oxygen atoms in total. The number of benzene rings is 4. The minimum Gasteiger partial charge on any atom is -0.496 e. The first-order valence-electron chi connectivity index (χ1n) is 17.5. The zero-order valence-corrected chi connectivity index (χ0v) is 30.3. The lowest BCUT2D eigenvalue weighted by atomic mass is 9.74. The van der Waals surface area contributed by atoms with Crippen molar-refractivity contribution in [1.82, 2.24) is 9.80 Å². The van der Waals surface area contributed by atoms with Crippen LogP contribution in [0.2, 0.25) is 0 Å². The van der Waals surface area contributed by atoms with Gasteiger partial charge in [-0.15, -0.1) is 0 Å². The summed E-state index contributed by atoms with van der Waals surface area (Å²) in [6, 6.07) is 14.2. The van der Waals surface area contributed by atoms with Crippen LogP contribution in [0.3, 0.4) is 0 Å². The number of likely N-dealkylation sites (N-methyl/N-ethyl adjacent to an activating group) is 2. The smallest absolute Gasteiger partial charge is 0.161 e. The van der Waals surface area contributed by atoms with Gasteiger partial charge in [0.1, 0.15) is 23.0 Å². The van der Waals surface area contributed by atoms with Crippen LogP contribution in [-0.2, 0) is 45.5 Å². The van der Waals surface area contributed by atoms with Crippen molar-refractivity contribution in [3.63, 3.8) is 0 Å². The highest BCUT2D eigenvalue weighted by atomic mass is 16.5. The average molecular weight is 697 g/mol. The largest absolute Gasteiger partial charge is 0.496 e. The molecule has 1 aliphatic carbocycles. The highest BCUT2D eigenvalue weighted by Crippen LogP contribution is 2.51. The minimum atomic E-state index is -0.242. The van der Waals surface area contributed by atoms with E-state index in [1.807, 2.05) is 24.3 Å². The predicted octanol–water partition coefficient (Wildman–Crippen LogP) is 5.51. The third-order valence-corrected chi connectivity index (χ3v) is 11.2. The van der Waals surface area contributed by atoms with E-state index in [9.17, 15) is 15.3 Å². The van der Waals surface area contributed by atoms with Gasteiger partial charge in [0.05, 0.1) is 48.3 Å². The fourth-order valence-electron chi connectivity index (χ4n) is 8.40. The number of rotatable bonds is 11. The second kappa shape index (κ2) is 14.4. The zero-order chi connectivity index (χ0) is 36.0. The van der Waals surface area contributed by atoms with Gasteiger partial charge >= 0.3 is 0 Å². The Morgan fingerprint density at radius 1 is 0.608 bits per heavy atom. The molecule has 0 unspecified atom stereocenters. The third-order valence-electron chi connectivity index (χ3n) is 11.2. The summed E-state index contributed by atoms with van der Waals surface area (Å²) in [6.07, 6.45) is 3.14. The number of aliphatic hydroxyl groups excluding tert-OH is 3. The van der Waals surface area contributed by atoms with Gasteiger partial charge in [0, 0.05) is 47.9 Å². The number of hydrogen-bond acceptors (Lipinski definition) is 10. The van der Waals surface area contributed by atoms with E-state index in [2.05, 4.69) is 42.1 Å². The number of hydrogen-bond donors (Lipinski definition) is 3. The molecule has 270 valence electrons. The van der Waals surface area contributed by atoms with Gasteiger partial charge in [-0.1, -0.05) is 0 Å². The summed E-state index contributed by atoms with van der Waals surface area (Å²) in [4.78, 5) is 4.71. The molecular weight excluding hydrogens is 648 g/mol. The van der Waals surface area contributed by atoms with Gasteiger partial charge in [0.25, 0.3) is 0 Å². The number of ether oxygens (including phenoxy) is 5. The molecule has 0 saturated carbocycles. The van der Waals surface area contributed by atoms with Gasteiger partial charge in [-0.3, -0.25) is 9.80 Å². The summed E-state index contributed by atoms with van der Waals surface area (Å²) in [5.74, 6) is 3.73. The van der Waals surface area contributed by atoms with E-state index < -0.39 is 0 Å². The molecule has 0 bridgehead atoms. The Kier molecular flexibility index (Phi) is 9.88. The Morgan fingerprint density at radius 2 is 1.22 bits per heavy atom. The van der Waals surface area contributed by atoms with Crippen molar-refractivity contribution in [2.75, 3.05) is 55.6 Å². The van der Waals surface area contributed by atoms with Crippen molar-refractivity contribution < 1.29 is 39.0 Å². The van der Waals surface area contributed by atoms with E-state index in [0.29, 0.717) is 52.0 Å². The summed E-state index contributed by atoms with van der Waals surface area (Å²) >= 11 is 0. The Hall–Kier alpha value is -4.32. The minimum absolute atomic E-state index is 0.00360. The fourth-order valence-corrected chi connectivity index (χ4v) is 8.40. The summed E-state index contributed by atoms with van der Waals surface area (Å²) < 4.78 is 29.6. The van der Waals surface area contributed by atoms with Crippen molar-refractivity contribution >= 4 is 0 Å². The highest BCUT2D eigenvalue weighted by molar-refractivity contribution is 5.82. The second-order valence-electron chi connectivity index (χ2n) is 13.8. The van der Waals surface area contributed by atoms with E-state index in [4.69, 9.17) is 23.7 Å². The van der Waals surface area contributed by atoms with Gasteiger partial charge in [0.15, 0.2) is 11.5 Å². The van der Waals surface area contributed by atoms with Gasteiger partial charge in [-0.2, -0.15) is 0 Å². The lowest BCUT2D eigenvalue weighted by molar-refractivity contribution is 0.225. The zero-order valence-electron chi connectivity index (χ0n) is 30.3. The van der Waals surface area contributed by atoms with Crippen LogP contribution >= 0.6 is 0 Å². The van der Waals surface area contributed by atoms with Crippen LogP contribution in [0.5, 0.6) is 34.5 Å². The van der Waals surface area contributed by atoms with Crippen LogP contribution in [-0.4, -0.2) is 80.7 Å². The topological polar surface area (TPSA) is 113 Å².